The Morgan fingerprint density at radius 3 is 2.00 bits per heavy atom. The van der Waals surface area contributed by atoms with E-state index in [0.717, 1.165) is 17.5 Å². The first-order valence-corrected chi connectivity index (χ1v) is 10.7. The van der Waals surface area contributed by atoms with Gasteiger partial charge in [0.2, 0.25) is 17.7 Å². The predicted molar refractivity (Wildman–Crippen MR) is 121 cm³/mol. The number of amides is 3. The maximum atomic E-state index is 12.9. The van der Waals surface area contributed by atoms with Gasteiger partial charge in [0.1, 0.15) is 12.1 Å². The van der Waals surface area contributed by atoms with Crippen LogP contribution < -0.4 is 22.1 Å². The first-order chi connectivity index (χ1) is 15.0. The van der Waals surface area contributed by atoms with Crippen molar-refractivity contribution in [3.8, 4) is 0 Å². The van der Waals surface area contributed by atoms with Gasteiger partial charge in [0, 0.05) is 12.8 Å². The standard InChI is InChI=1S/C24H32N4O3/c25-16-8-7-13-20(23(26)30)28-24(31)21(17-19-11-5-2-6-12-19)27-22(29)15-14-18-9-3-1-4-10-18/h1-6,9-12,20-21H,7-8,13-17,25H2,(H2,26,30)(H,27,29)(H,28,31)/t20-,21-/m0/s1. The number of carbonyl (C=O) groups is 3. The lowest BCUT2D eigenvalue weighted by molar-refractivity contribution is -0.131. The minimum Gasteiger partial charge on any atom is -0.368 e. The Morgan fingerprint density at radius 2 is 1.42 bits per heavy atom. The van der Waals surface area contributed by atoms with Crippen molar-refractivity contribution in [3.63, 3.8) is 0 Å². The molecule has 0 heterocycles. The van der Waals surface area contributed by atoms with Crippen molar-refractivity contribution in [1.82, 2.24) is 10.6 Å². The number of benzene rings is 2. The van der Waals surface area contributed by atoms with Crippen molar-refractivity contribution >= 4 is 17.7 Å². The Hall–Kier alpha value is -3.19. The Bertz CT molecular complexity index is 827. The molecule has 0 bridgehead atoms. The molecule has 0 saturated heterocycles. The van der Waals surface area contributed by atoms with Gasteiger partial charge in [-0.25, -0.2) is 0 Å². The molecule has 0 spiro atoms. The van der Waals surface area contributed by atoms with Gasteiger partial charge in [0.25, 0.3) is 0 Å². The SMILES string of the molecule is NCCCC[C@H](NC(=O)[C@H](Cc1ccccc1)NC(=O)CCc1ccccc1)C(N)=O. The summed E-state index contributed by atoms with van der Waals surface area (Å²) in [4.78, 5) is 37.3. The van der Waals surface area contributed by atoms with Gasteiger partial charge < -0.3 is 22.1 Å². The van der Waals surface area contributed by atoms with Crippen LogP contribution in [-0.2, 0) is 27.2 Å². The molecule has 0 radical (unpaired) electrons. The zero-order valence-corrected chi connectivity index (χ0v) is 17.8. The van der Waals surface area contributed by atoms with Gasteiger partial charge in [0.05, 0.1) is 0 Å². The summed E-state index contributed by atoms with van der Waals surface area (Å²) in [5, 5.41) is 5.53. The second-order valence-corrected chi connectivity index (χ2v) is 7.54. The molecule has 0 aliphatic carbocycles. The second-order valence-electron chi connectivity index (χ2n) is 7.54. The van der Waals surface area contributed by atoms with Crippen molar-refractivity contribution in [1.29, 1.82) is 0 Å². The minimum absolute atomic E-state index is 0.223. The number of carbonyl (C=O) groups excluding carboxylic acids is 3. The molecule has 0 aliphatic heterocycles. The molecule has 0 aromatic heterocycles. The molecule has 2 atom stereocenters. The minimum atomic E-state index is -0.804. The molecule has 0 unspecified atom stereocenters. The van der Waals surface area contributed by atoms with Crippen molar-refractivity contribution in [2.24, 2.45) is 11.5 Å². The normalized spacial score (nSPS) is 12.5. The molecule has 7 nitrogen and oxygen atoms in total. The lowest BCUT2D eigenvalue weighted by Gasteiger charge is -2.22. The topological polar surface area (TPSA) is 127 Å². The lowest BCUT2D eigenvalue weighted by atomic mass is 10.0. The molecular weight excluding hydrogens is 392 g/mol. The number of rotatable bonds is 13. The zero-order chi connectivity index (χ0) is 22.5. The number of aryl methyl sites for hydroxylation is 1. The average molecular weight is 425 g/mol. The van der Waals surface area contributed by atoms with E-state index >= 15 is 0 Å². The Kier molecular flexibility index (Phi) is 10.2. The average Bonchev–Trinajstić information content (AvgIpc) is 2.78. The molecule has 7 heteroatoms. The molecule has 166 valence electrons. The third kappa shape index (κ3) is 9.00. The third-order valence-corrected chi connectivity index (χ3v) is 5.02. The van der Waals surface area contributed by atoms with Gasteiger partial charge >= 0.3 is 0 Å². The summed E-state index contributed by atoms with van der Waals surface area (Å²) in [6, 6.07) is 17.5. The van der Waals surface area contributed by atoms with E-state index in [9.17, 15) is 14.4 Å². The highest BCUT2D eigenvalue weighted by Gasteiger charge is 2.25. The molecule has 0 aliphatic rings. The number of primary amides is 1. The number of hydrogen-bond acceptors (Lipinski definition) is 4. The summed E-state index contributed by atoms with van der Waals surface area (Å²) < 4.78 is 0. The van der Waals surface area contributed by atoms with Crippen LogP contribution in [0.15, 0.2) is 60.7 Å². The van der Waals surface area contributed by atoms with Crippen LogP contribution in [0.5, 0.6) is 0 Å². The van der Waals surface area contributed by atoms with E-state index < -0.39 is 23.9 Å². The Labute approximate surface area is 183 Å². The maximum absolute atomic E-state index is 12.9. The summed E-state index contributed by atoms with van der Waals surface area (Å²) in [7, 11) is 0. The van der Waals surface area contributed by atoms with Crippen LogP contribution in [0.1, 0.15) is 36.8 Å². The molecular formula is C24H32N4O3. The van der Waals surface area contributed by atoms with Crippen LogP contribution in [0.25, 0.3) is 0 Å². The van der Waals surface area contributed by atoms with Gasteiger partial charge in [0.15, 0.2) is 0 Å². The fraction of sp³-hybridized carbons (Fsp3) is 0.375. The Balaban J connectivity index is 2.03. The van der Waals surface area contributed by atoms with Crippen LogP contribution in [0, 0.1) is 0 Å². The van der Waals surface area contributed by atoms with E-state index in [-0.39, 0.29) is 12.3 Å². The highest BCUT2D eigenvalue weighted by molar-refractivity contribution is 5.91. The van der Waals surface area contributed by atoms with Crippen molar-refractivity contribution < 1.29 is 14.4 Å². The molecule has 0 saturated carbocycles. The molecule has 2 aromatic rings. The molecule has 2 aromatic carbocycles. The number of hydrogen-bond donors (Lipinski definition) is 4. The maximum Gasteiger partial charge on any atom is 0.243 e. The largest absolute Gasteiger partial charge is 0.368 e. The summed E-state index contributed by atoms with van der Waals surface area (Å²) >= 11 is 0. The highest BCUT2D eigenvalue weighted by atomic mass is 16.2. The van der Waals surface area contributed by atoms with E-state index in [1.165, 1.54) is 0 Å². The first kappa shape index (κ1) is 24.1. The van der Waals surface area contributed by atoms with E-state index in [2.05, 4.69) is 10.6 Å². The van der Waals surface area contributed by atoms with E-state index in [0.29, 0.717) is 32.2 Å². The van der Waals surface area contributed by atoms with Gasteiger partial charge in [-0.2, -0.15) is 0 Å². The van der Waals surface area contributed by atoms with Crippen LogP contribution in [0.3, 0.4) is 0 Å². The number of unbranched alkanes of at least 4 members (excludes halogenated alkanes) is 1. The van der Waals surface area contributed by atoms with Gasteiger partial charge in [-0.1, -0.05) is 60.7 Å². The van der Waals surface area contributed by atoms with Gasteiger partial charge in [-0.3, -0.25) is 14.4 Å². The fourth-order valence-corrected chi connectivity index (χ4v) is 3.28. The van der Waals surface area contributed by atoms with Crippen molar-refractivity contribution in [2.45, 2.75) is 50.6 Å². The summed E-state index contributed by atoms with van der Waals surface area (Å²) in [6.07, 6.45) is 2.99. The second kappa shape index (κ2) is 13.2. The summed E-state index contributed by atoms with van der Waals surface area (Å²) in [5.41, 5.74) is 12.9. The van der Waals surface area contributed by atoms with Crippen LogP contribution in [-0.4, -0.2) is 36.3 Å². The molecule has 0 fully saturated rings. The van der Waals surface area contributed by atoms with E-state index in [4.69, 9.17) is 11.5 Å². The molecule has 6 N–H and O–H groups in total. The zero-order valence-electron chi connectivity index (χ0n) is 17.8. The smallest absolute Gasteiger partial charge is 0.243 e. The number of nitrogens with two attached hydrogens (primary N) is 2. The van der Waals surface area contributed by atoms with Gasteiger partial charge in [-0.15, -0.1) is 0 Å². The summed E-state index contributed by atoms with van der Waals surface area (Å²) in [6.45, 7) is 0.507. The predicted octanol–water partition coefficient (Wildman–Crippen LogP) is 1.45. The Morgan fingerprint density at radius 1 is 0.806 bits per heavy atom. The van der Waals surface area contributed by atoms with Crippen molar-refractivity contribution in [2.75, 3.05) is 6.54 Å². The monoisotopic (exact) mass is 424 g/mol. The highest BCUT2D eigenvalue weighted by Crippen LogP contribution is 2.07. The van der Waals surface area contributed by atoms with Crippen LogP contribution in [0.4, 0.5) is 0 Å². The summed E-state index contributed by atoms with van der Waals surface area (Å²) in [5.74, 6) is -1.24. The number of nitrogens with one attached hydrogen (secondary N) is 2. The van der Waals surface area contributed by atoms with Crippen molar-refractivity contribution in [3.05, 3.63) is 71.8 Å². The lowest BCUT2D eigenvalue weighted by Crippen LogP contribution is -2.53. The van der Waals surface area contributed by atoms with Crippen LogP contribution in [0.2, 0.25) is 0 Å². The first-order valence-electron chi connectivity index (χ1n) is 10.7. The molecule has 31 heavy (non-hydrogen) atoms. The van der Waals surface area contributed by atoms with Gasteiger partial charge in [-0.05, 0) is 43.4 Å². The van der Waals surface area contributed by atoms with E-state index in [1.54, 1.807) is 0 Å². The van der Waals surface area contributed by atoms with E-state index in [1.807, 2.05) is 60.7 Å². The molecule has 3 amide bonds. The molecule has 2 rings (SSSR count). The fourth-order valence-electron chi connectivity index (χ4n) is 3.28. The third-order valence-electron chi connectivity index (χ3n) is 5.02. The quantitative estimate of drug-likeness (QED) is 0.363. The van der Waals surface area contributed by atoms with Crippen LogP contribution >= 0.6 is 0 Å².